The van der Waals surface area contributed by atoms with E-state index in [1.54, 1.807) is 6.07 Å². The summed E-state index contributed by atoms with van der Waals surface area (Å²) >= 11 is 0. The fraction of sp³-hybridized carbons (Fsp3) is 0.417. The lowest BCUT2D eigenvalue weighted by Crippen LogP contribution is -2.15. The minimum absolute atomic E-state index is 0.0471. The van der Waals surface area contributed by atoms with Gasteiger partial charge >= 0.3 is 0 Å². The number of anilines is 1. The molecular weight excluding hydrogens is 297 g/mol. The molecule has 21 heavy (non-hydrogen) atoms. The maximum atomic E-state index is 13.9. The second-order valence-corrected chi connectivity index (χ2v) is 7.42. The summed E-state index contributed by atoms with van der Waals surface area (Å²) in [6.45, 7) is 0.353. The van der Waals surface area contributed by atoms with Crippen molar-refractivity contribution in [2.75, 3.05) is 17.2 Å². The zero-order valence-electron chi connectivity index (χ0n) is 11.1. The van der Waals surface area contributed by atoms with Gasteiger partial charge in [0.25, 0.3) is 0 Å². The highest BCUT2D eigenvalue weighted by Crippen LogP contribution is 2.25. The first-order valence-corrected chi connectivity index (χ1v) is 8.29. The van der Waals surface area contributed by atoms with Crippen molar-refractivity contribution in [1.29, 1.82) is 0 Å². The maximum Gasteiger partial charge on any atom is 0.184 e. The summed E-state index contributed by atoms with van der Waals surface area (Å²) in [5.74, 6) is 0.0259. The average molecular weight is 311 g/mol. The Kier molecular flexibility index (Phi) is 3.36. The van der Waals surface area contributed by atoms with Crippen molar-refractivity contribution in [3.05, 3.63) is 24.0 Å². The van der Waals surface area contributed by atoms with Crippen LogP contribution in [0.15, 0.2) is 18.2 Å². The van der Waals surface area contributed by atoms with Crippen LogP contribution in [0.4, 0.5) is 10.1 Å². The van der Waals surface area contributed by atoms with Crippen LogP contribution in [0.3, 0.4) is 0 Å². The first-order chi connectivity index (χ1) is 9.94. The molecule has 1 aliphatic heterocycles. The van der Waals surface area contributed by atoms with Crippen molar-refractivity contribution < 1.29 is 12.8 Å². The van der Waals surface area contributed by atoms with Crippen LogP contribution in [0.1, 0.15) is 6.42 Å². The lowest BCUT2D eigenvalue weighted by Gasteiger charge is -2.09. The molecule has 0 saturated carbocycles. The predicted octanol–water partition coefficient (Wildman–Crippen LogP) is 0.496. The minimum Gasteiger partial charge on any atom is -0.399 e. The third-order valence-corrected chi connectivity index (χ3v) is 5.36. The first kappa shape index (κ1) is 13.9. The summed E-state index contributed by atoms with van der Waals surface area (Å²) in [7, 11) is -2.96. The number of halogens is 1. The number of rotatable bonds is 3. The van der Waals surface area contributed by atoms with E-state index in [0.29, 0.717) is 18.7 Å². The van der Waals surface area contributed by atoms with Gasteiger partial charge in [0.05, 0.1) is 17.1 Å². The Morgan fingerprint density at radius 2 is 2.24 bits per heavy atom. The van der Waals surface area contributed by atoms with Gasteiger partial charge in [-0.1, -0.05) is 0 Å². The molecule has 2 heterocycles. The number of aromatic nitrogens is 4. The molecule has 0 amide bonds. The van der Waals surface area contributed by atoms with Crippen LogP contribution >= 0.6 is 0 Å². The zero-order valence-corrected chi connectivity index (χ0v) is 11.9. The third kappa shape index (κ3) is 2.87. The third-order valence-electron chi connectivity index (χ3n) is 3.52. The summed E-state index contributed by atoms with van der Waals surface area (Å²) in [5.41, 5.74) is 6.08. The molecule has 0 spiro atoms. The number of nitrogens with two attached hydrogens (primary N) is 1. The predicted molar refractivity (Wildman–Crippen MR) is 74.4 cm³/mol. The van der Waals surface area contributed by atoms with Crippen molar-refractivity contribution in [3.63, 3.8) is 0 Å². The van der Waals surface area contributed by atoms with Gasteiger partial charge in [-0.2, -0.15) is 0 Å². The Morgan fingerprint density at radius 3 is 2.90 bits per heavy atom. The number of sulfone groups is 1. The Hall–Kier alpha value is -2.03. The molecule has 3 rings (SSSR count). The van der Waals surface area contributed by atoms with E-state index >= 15 is 0 Å². The molecular formula is C12H14FN5O2S. The van der Waals surface area contributed by atoms with Gasteiger partial charge in [0.1, 0.15) is 5.82 Å². The number of nitrogen functional groups attached to an aromatic ring is 1. The van der Waals surface area contributed by atoms with Gasteiger partial charge in [0, 0.05) is 12.2 Å². The molecule has 9 heteroatoms. The highest BCUT2D eigenvalue weighted by molar-refractivity contribution is 7.91. The molecule has 1 aromatic carbocycles. The fourth-order valence-electron chi connectivity index (χ4n) is 2.49. The molecule has 7 nitrogen and oxygen atoms in total. The zero-order chi connectivity index (χ0) is 15.0. The molecule has 1 aromatic heterocycles. The van der Waals surface area contributed by atoms with Crippen molar-refractivity contribution in [3.8, 4) is 11.4 Å². The Balaban J connectivity index is 1.87. The van der Waals surface area contributed by atoms with E-state index in [4.69, 9.17) is 5.73 Å². The molecule has 0 radical (unpaired) electrons. The first-order valence-electron chi connectivity index (χ1n) is 6.46. The van der Waals surface area contributed by atoms with Crippen LogP contribution in [-0.2, 0) is 16.4 Å². The van der Waals surface area contributed by atoms with Gasteiger partial charge < -0.3 is 5.73 Å². The number of nitrogens with zero attached hydrogens (tertiary/aromatic N) is 4. The van der Waals surface area contributed by atoms with Crippen molar-refractivity contribution in [1.82, 2.24) is 20.2 Å². The highest BCUT2D eigenvalue weighted by atomic mass is 32.2. The van der Waals surface area contributed by atoms with Gasteiger partial charge in [-0.05, 0) is 41.0 Å². The van der Waals surface area contributed by atoms with E-state index in [1.165, 1.54) is 16.8 Å². The summed E-state index contributed by atoms with van der Waals surface area (Å²) < 4.78 is 38.4. The van der Waals surface area contributed by atoms with Gasteiger partial charge in [-0.25, -0.2) is 17.5 Å². The maximum absolute atomic E-state index is 13.9. The summed E-state index contributed by atoms with van der Waals surface area (Å²) in [4.78, 5) is 0. The standard InChI is InChI=1S/C12H14FN5O2S/c13-11-5-9(14)1-2-10(11)12-15-16-17-18(12)6-8-3-4-21(19,20)7-8/h1-2,5,8H,3-4,6-7,14H2. The molecule has 1 atom stereocenters. The molecule has 1 fully saturated rings. The van der Waals surface area contributed by atoms with Gasteiger partial charge in [-0.3, -0.25) is 0 Å². The molecule has 2 N–H and O–H groups in total. The van der Waals surface area contributed by atoms with E-state index in [0.717, 1.165) is 0 Å². The Bertz CT molecular complexity index is 774. The molecule has 1 unspecified atom stereocenters. The van der Waals surface area contributed by atoms with E-state index < -0.39 is 15.7 Å². The summed E-state index contributed by atoms with van der Waals surface area (Å²) in [6.07, 6.45) is 0.575. The summed E-state index contributed by atoms with van der Waals surface area (Å²) in [5, 5.41) is 11.2. The number of tetrazole rings is 1. The van der Waals surface area contributed by atoms with Crippen LogP contribution in [-0.4, -0.2) is 40.1 Å². The van der Waals surface area contributed by atoms with E-state index in [9.17, 15) is 12.8 Å². The second-order valence-electron chi connectivity index (χ2n) is 5.19. The smallest absolute Gasteiger partial charge is 0.184 e. The molecule has 0 bridgehead atoms. The number of hydrogen-bond donors (Lipinski definition) is 1. The highest BCUT2D eigenvalue weighted by Gasteiger charge is 2.29. The average Bonchev–Trinajstić information content (AvgIpc) is 2.97. The van der Waals surface area contributed by atoms with Gasteiger partial charge in [0.2, 0.25) is 0 Å². The van der Waals surface area contributed by atoms with Crippen molar-refractivity contribution in [2.45, 2.75) is 13.0 Å². The van der Waals surface area contributed by atoms with E-state index in [1.807, 2.05) is 0 Å². The normalized spacial score (nSPS) is 20.7. The Morgan fingerprint density at radius 1 is 1.43 bits per heavy atom. The van der Waals surface area contributed by atoms with E-state index in [2.05, 4.69) is 15.5 Å². The van der Waals surface area contributed by atoms with Gasteiger partial charge in [-0.15, -0.1) is 5.10 Å². The lowest BCUT2D eigenvalue weighted by atomic mass is 10.1. The van der Waals surface area contributed by atoms with Gasteiger partial charge in [0.15, 0.2) is 15.7 Å². The molecule has 2 aromatic rings. The van der Waals surface area contributed by atoms with Crippen molar-refractivity contribution in [2.24, 2.45) is 5.92 Å². The van der Waals surface area contributed by atoms with Crippen LogP contribution in [0, 0.1) is 11.7 Å². The fourth-order valence-corrected chi connectivity index (χ4v) is 4.34. The van der Waals surface area contributed by atoms with E-state index in [-0.39, 0.29) is 28.8 Å². The molecule has 0 aliphatic carbocycles. The lowest BCUT2D eigenvalue weighted by molar-refractivity contribution is 0.451. The topological polar surface area (TPSA) is 104 Å². The minimum atomic E-state index is -2.96. The van der Waals surface area contributed by atoms with Crippen LogP contribution < -0.4 is 5.73 Å². The quantitative estimate of drug-likeness (QED) is 0.828. The monoisotopic (exact) mass is 311 g/mol. The molecule has 1 saturated heterocycles. The number of hydrogen-bond acceptors (Lipinski definition) is 6. The number of benzene rings is 1. The van der Waals surface area contributed by atoms with Crippen molar-refractivity contribution >= 4 is 15.5 Å². The SMILES string of the molecule is Nc1ccc(-c2nnnn2CC2CCS(=O)(=O)C2)c(F)c1. The molecule has 112 valence electrons. The van der Waals surface area contributed by atoms with Crippen LogP contribution in [0.2, 0.25) is 0 Å². The molecule has 1 aliphatic rings. The van der Waals surface area contributed by atoms with Crippen LogP contribution in [0.25, 0.3) is 11.4 Å². The Labute approximate surface area is 120 Å². The largest absolute Gasteiger partial charge is 0.399 e. The second kappa shape index (κ2) is 5.06. The van der Waals surface area contributed by atoms with Crippen LogP contribution in [0.5, 0.6) is 0 Å². The summed E-state index contributed by atoms with van der Waals surface area (Å²) in [6, 6.07) is 4.28.